The van der Waals surface area contributed by atoms with E-state index in [1.165, 1.54) is 11.8 Å². The molecule has 18 heavy (non-hydrogen) atoms. The van der Waals surface area contributed by atoms with Gasteiger partial charge in [0.15, 0.2) is 5.17 Å². The number of thioether (sulfide) groups is 1. The van der Waals surface area contributed by atoms with Gasteiger partial charge < -0.3 is 5.73 Å². The minimum absolute atomic E-state index is 0.0877. The number of nitrogens with one attached hydrogen (secondary N) is 1. The number of benzene rings is 1. The molecule has 0 fully saturated rings. The second-order valence-corrected chi connectivity index (χ2v) is 4.84. The molecule has 1 aromatic heterocycles. The Morgan fingerprint density at radius 1 is 1.50 bits per heavy atom. The first-order valence-electron chi connectivity index (χ1n) is 5.41. The van der Waals surface area contributed by atoms with Crippen LogP contribution in [-0.2, 0) is 12.2 Å². The van der Waals surface area contributed by atoms with Crippen molar-refractivity contribution in [2.24, 2.45) is 5.73 Å². The van der Waals surface area contributed by atoms with Crippen LogP contribution in [0.15, 0.2) is 30.5 Å². The smallest absolute Gasteiger partial charge is 0.151 e. The molecule has 0 radical (unpaired) electrons. The molecule has 0 saturated carbocycles. The number of amidine groups is 1. The van der Waals surface area contributed by atoms with E-state index in [0.29, 0.717) is 12.2 Å². The first-order valence-corrected chi connectivity index (χ1v) is 6.39. The van der Waals surface area contributed by atoms with E-state index in [2.05, 4.69) is 11.1 Å². The summed E-state index contributed by atoms with van der Waals surface area (Å²) in [6.07, 6.45) is 2.12. The zero-order valence-corrected chi connectivity index (χ0v) is 10.5. The summed E-state index contributed by atoms with van der Waals surface area (Å²) in [7, 11) is 0. The Morgan fingerprint density at radius 3 is 3.06 bits per heavy atom. The summed E-state index contributed by atoms with van der Waals surface area (Å²) in [4.78, 5) is 4.35. The monoisotopic (exact) mass is 256 g/mol. The Kier molecular flexibility index (Phi) is 3.80. The maximum absolute atomic E-state index is 8.78. The Labute approximate surface area is 109 Å². The summed E-state index contributed by atoms with van der Waals surface area (Å²) in [6.45, 7) is 0. The van der Waals surface area contributed by atoms with Crippen LogP contribution in [0.2, 0.25) is 0 Å². The molecule has 0 unspecified atom stereocenters. The third kappa shape index (κ3) is 2.79. The van der Waals surface area contributed by atoms with Gasteiger partial charge in [-0.05, 0) is 23.3 Å². The van der Waals surface area contributed by atoms with Crippen LogP contribution in [-0.4, -0.2) is 10.2 Å². The molecule has 0 aliphatic heterocycles. The van der Waals surface area contributed by atoms with Gasteiger partial charge in [-0.1, -0.05) is 23.9 Å². The van der Waals surface area contributed by atoms with Crippen LogP contribution in [0.1, 0.15) is 11.1 Å². The van der Waals surface area contributed by atoms with Gasteiger partial charge in [0.2, 0.25) is 0 Å². The number of aromatic nitrogens is 1. The number of hydrogen-bond donors (Lipinski definition) is 2. The van der Waals surface area contributed by atoms with E-state index in [1.54, 1.807) is 6.20 Å². The third-order valence-electron chi connectivity index (χ3n) is 2.51. The third-order valence-corrected chi connectivity index (χ3v) is 3.28. The largest absolute Gasteiger partial charge is 0.379 e. The van der Waals surface area contributed by atoms with Gasteiger partial charge in [0, 0.05) is 17.3 Å². The standard InChI is InChI=1S/C13H12N4S/c14-4-3-9-6-10-2-1-5-17-12(10)11(7-9)8-18-13(15)16/h1-2,5-7H,3,8H2,(H3,15,16). The second-order valence-electron chi connectivity index (χ2n) is 3.82. The highest BCUT2D eigenvalue weighted by Gasteiger charge is 2.06. The molecular weight excluding hydrogens is 244 g/mol. The Balaban J connectivity index is 2.47. The maximum Gasteiger partial charge on any atom is 0.151 e. The summed E-state index contributed by atoms with van der Waals surface area (Å²) >= 11 is 1.26. The molecular formula is C13H12N4S. The van der Waals surface area contributed by atoms with Crippen molar-refractivity contribution in [3.05, 3.63) is 41.6 Å². The van der Waals surface area contributed by atoms with Gasteiger partial charge in [0.05, 0.1) is 18.0 Å². The fourth-order valence-corrected chi connectivity index (χ4v) is 2.33. The van der Waals surface area contributed by atoms with Crippen LogP contribution >= 0.6 is 11.8 Å². The van der Waals surface area contributed by atoms with E-state index in [0.717, 1.165) is 22.0 Å². The predicted octanol–water partition coefficient (Wildman–Crippen LogP) is 2.43. The molecule has 4 nitrogen and oxygen atoms in total. The van der Waals surface area contributed by atoms with Crippen molar-refractivity contribution in [3.63, 3.8) is 0 Å². The average molecular weight is 256 g/mol. The quantitative estimate of drug-likeness (QED) is 0.652. The Hall–Kier alpha value is -2.06. The number of nitrogens with zero attached hydrogens (tertiary/aromatic N) is 2. The highest BCUT2D eigenvalue weighted by Crippen LogP contribution is 2.23. The van der Waals surface area contributed by atoms with Crippen molar-refractivity contribution >= 4 is 27.8 Å². The summed E-state index contributed by atoms with van der Waals surface area (Å²) in [5, 5.41) is 17.1. The van der Waals surface area contributed by atoms with Gasteiger partial charge in [-0.2, -0.15) is 5.26 Å². The van der Waals surface area contributed by atoms with Crippen molar-refractivity contribution in [1.82, 2.24) is 4.98 Å². The first-order chi connectivity index (χ1) is 8.70. The van der Waals surface area contributed by atoms with Crippen molar-refractivity contribution in [2.75, 3.05) is 0 Å². The molecule has 0 saturated heterocycles. The molecule has 1 aromatic carbocycles. The lowest BCUT2D eigenvalue weighted by Gasteiger charge is -2.07. The van der Waals surface area contributed by atoms with E-state index in [9.17, 15) is 0 Å². The van der Waals surface area contributed by atoms with E-state index in [4.69, 9.17) is 16.4 Å². The normalized spacial score (nSPS) is 10.2. The summed E-state index contributed by atoms with van der Waals surface area (Å²) in [5.41, 5.74) is 8.25. The summed E-state index contributed by atoms with van der Waals surface area (Å²) < 4.78 is 0. The molecule has 90 valence electrons. The minimum atomic E-state index is 0.0877. The van der Waals surface area contributed by atoms with Gasteiger partial charge in [0.25, 0.3) is 0 Å². The molecule has 0 amide bonds. The van der Waals surface area contributed by atoms with Crippen LogP contribution in [0.3, 0.4) is 0 Å². The molecule has 0 aliphatic carbocycles. The van der Waals surface area contributed by atoms with Crippen LogP contribution in [0.25, 0.3) is 10.9 Å². The SMILES string of the molecule is N#CCc1cc(CSC(=N)N)c2ncccc2c1. The fraction of sp³-hybridized carbons (Fsp3) is 0.154. The zero-order valence-electron chi connectivity index (χ0n) is 9.68. The highest BCUT2D eigenvalue weighted by atomic mass is 32.2. The first kappa shape index (κ1) is 12.4. The Morgan fingerprint density at radius 2 is 2.33 bits per heavy atom. The predicted molar refractivity (Wildman–Crippen MR) is 74.3 cm³/mol. The number of hydrogen-bond acceptors (Lipinski definition) is 4. The molecule has 0 atom stereocenters. The molecule has 2 rings (SSSR count). The number of fused-ring (bicyclic) bond motifs is 1. The van der Waals surface area contributed by atoms with Gasteiger partial charge in [-0.3, -0.25) is 10.4 Å². The number of rotatable bonds is 3. The average Bonchev–Trinajstić information content (AvgIpc) is 2.36. The van der Waals surface area contributed by atoms with E-state index in [1.807, 2.05) is 24.3 Å². The van der Waals surface area contributed by atoms with Crippen LogP contribution in [0, 0.1) is 16.7 Å². The highest BCUT2D eigenvalue weighted by molar-refractivity contribution is 8.13. The number of nitriles is 1. The molecule has 1 heterocycles. The van der Waals surface area contributed by atoms with Crippen molar-refractivity contribution in [2.45, 2.75) is 12.2 Å². The molecule has 5 heteroatoms. The lowest BCUT2D eigenvalue weighted by Crippen LogP contribution is -2.04. The van der Waals surface area contributed by atoms with Gasteiger partial charge in [0.1, 0.15) is 0 Å². The van der Waals surface area contributed by atoms with Crippen LogP contribution in [0.5, 0.6) is 0 Å². The lowest BCUT2D eigenvalue weighted by molar-refractivity contribution is 1.24. The maximum atomic E-state index is 8.78. The fourth-order valence-electron chi connectivity index (χ4n) is 1.79. The lowest BCUT2D eigenvalue weighted by atomic mass is 10.0. The molecule has 2 aromatic rings. The van der Waals surface area contributed by atoms with Gasteiger partial charge in [-0.25, -0.2) is 0 Å². The summed E-state index contributed by atoms with van der Waals surface area (Å²) in [5.74, 6) is 0.599. The number of pyridine rings is 1. The Bertz CT molecular complexity index is 630. The number of nitrogens with two attached hydrogens (primary N) is 1. The topological polar surface area (TPSA) is 86.5 Å². The summed E-state index contributed by atoms with van der Waals surface area (Å²) in [6, 6.07) is 9.95. The van der Waals surface area contributed by atoms with Crippen LogP contribution in [0.4, 0.5) is 0 Å². The second kappa shape index (κ2) is 5.52. The van der Waals surface area contributed by atoms with E-state index < -0.39 is 0 Å². The molecule has 3 N–H and O–H groups in total. The minimum Gasteiger partial charge on any atom is -0.379 e. The van der Waals surface area contributed by atoms with Gasteiger partial charge in [-0.15, -0.1) is 0 Å². The zero-order chi connectivity index (χ0) is 13.0. The van der Waals surface area contributed by atoms with Crippen molar-refractivity contribution in [3.8, 4) is 6.07 Å². The van der Waals surface area contributed by atoms with E-state index >= 15 is 0 Å². The van der Waals surface area contributed by atoms with Crippen molar-refractivity contribution in [1.29, 1.82) is 10.7 Å². The van der Waals surface area contributed by atoms with Gasteiger partial charge >= 0.3 is 0 Å². The van der Waals surface area contributed by atoms with Crippen LogP contribution < -0.4 is 5.73 Å². The molecule has 0 bridgehead atoms. The molecule has 0 spiro atoms. The van der Waals surface area contributed by atoms with Crippen molar-refractivity contribution < 1.29 is 0 Å². The molecule has 0 aliphatic rings. The van der Waals surface area contributed by atoms with E-state index in [-0.39, 0.29) is 5.17 Å².